The Morgan fingerprint density at radius 2 is 2.43 bits per heavy atom. The monoisotopic (exact) mass is 192 g/mol. The van der Waals surface area contributed by atoms with Crippen molar-refractivity contribution in [2.24, 2.45) is 5.92 Å². The lowest BCUT2D eigenvalue weighted by Gasteiger charge is -2.21. The van der Waals surface area contributed by atoms with Crippen LogP contribution in [0.5, 0.6) is 5.75 Å². The van der Waals surface area contributed by atoms with Gasteiger partial charge in [0.25, 0.3) is 0 Å². The van der Waals surface area contributed by atoms with Gasteiger partial charge >= 0.3 is 0 Å². The molecule has 0 bridgehead atoms. The molecule has 0 fully saturated rings. The summed E-state index contributed by atoms with van der Waals surface area (Å²) < 4.78 is 5.43. The van der Waals surface area contributed by atoms with Crippen LogP contribution >= 0.6 is 0 Å². The van der Waals surface area contributed by atoms with Crippen molar-refractivity contribution in [1.29, 1.82) is 0 Å². The fraction of sp³-hybridized carbons (Fsp3) is 0.364. The van der Waals surface area contributed by atoms with Gasteiger partial charge in [-0.05, 0) is 23.6 Å². The number of ether oxygens (including phenoxy) is 1. The lowest BCUT2D eigenvalue weighted by Crippen LogP contribution is -2.21. The Balaban J connectivity index is 2.27. The first kappa shape index (κ1) is 9.21. The molecule has 1 aromatic rings. The van der Waals surface area contributed by atoms with Crippen LogP contribution in [-0.4, -0.2) is 18.0 Å². The van der Waals surface area contributed by atoms with Crippen molar-refractivity contribution in [2.75, 3.05) is 6.61 Å². The third-order valence-corrected chi connectivity index (χ3v) is 2.44. The topological polar surface area (TPSA) is 46.5 Å². The molecule has 74 valence electrons. The molecule has 1 unspecified atom stereocenters. The number of fused-ring (bicyclic) bond motifs is 1. The van der Waals surface area contributed by atoms with E-state index in [1.165, 1.54) is 0 Å². The van der Waals surface area contributed by atoms with Gasteiger partial charge in [-0.3, -0.25) is 0 Å². The maximum atomic E-state index is 10.6. The summed E-state index contributed by atoms with van der Waals surface area (Å²) in [6.07, 6.45) is 1.67. The summed E-state index contributed by atoms with van der Waals surface area (Å²) in [5.74, 6) is 0.775. The second kappa shape index (κ2) is 3.80. The Labute approximate surface area is 82.3 Å². The van der Waals surface area contributed by atoms with Crippen LogP contribution in [0.25, 0.3) is 0 Å². The zero-order valence-corrected chi connectivity index (χ0v) is 7.77. The number of aliphatic hydroxyl groups is 1. The molecule has 0 saturated heterocycles. The molecule has 0 saturated carbocycles. The van der Waals surface area contributed by atoms with Gasteiger partial charge in [-0.25, -0.2) is 0 Å². The fourth-order valence-corrected chi connectivity index (χ4v) is 1.63. The highest BCUT2D eigenvalue weighted by Gasteiger charge is 2.19. The third kappa shape index (κ3) is 1.63. The van der Waals surface area contributed by atoms with Crippen molar-refractivity contribution < 1.29 is 14.6 Å². The normalized spacial score (nSPS) is 19.6. The summed E-state index contributed by atoms with van der Waals surface area (Å²) >= 11 is 0. The van der Waals surface area contributed by atoms with Crippen LogP contribution in [0.15, 0.2) is 18.2 Å². The van der Waals surface area contributed by atoms with E-state index in [9.17, 15) is 4.79 Å². The van der Waals surface area contributed by atoms with Crippen molar-refractivity contribution in [3.63, 3.8) is 0 Å². The van der Waals surface area contributed by atoms with Gasteiger partial charge in [0.15, 0.2) is 0 Å². The van der Waals surface area contributed by atoms with Gasteiger partial charge in [0.05, 0.1) is 19.1 Å². The molecule has 2 rings (SSSR count). The molecule has 1 N–H and O–H groups in total. The van der Waals surface area contributed by atoms with Crippen LogP contribution in [0.1, 0.15) is 11.1 Å². The van der Waals surface area contributed by atoms with Crippen LogP contribution in [-0.2, 0) is 17.8 Å². The Morgan fingerprint density at radius 3 is 3.14 bits per heavy atom. The Bertz CT molecular complexity index is 346. The molecular weight excluding hydrogens is 180 g/mol. The van der Waals surface area contributed by atoms with Gasteiger partial charge < -0.3 is 14.6 Å². The number of benzene rings is 1. The molecule has 0 aliphatic carbocycles. The molecular formula is C11H12O3. The van der Waals surface area contributed by atoms with Gasteiger partial charge in [-0.15, -0.1) is 0 Å². The Hall–Kier alpha value is -1.35. The predicted octanol–water partition coefficient (Wildman–Crippen LogP) is 0.929. The molecule has 0 amide bonds. The molecule has 1 aliphatic heterocycles. The molecule has 0 spiro atoms. The number of carbonyl (C=O) groups is 1. The van der Waals surface area contributed by atoms with Gasteiger partial charge in [0, 0.05) is 0 Å². The van der Waals surface area contributed by atoms with Gasteiger partial charge in [0.2, 0.25) is 0 Å². The number of carbonyl (C=O) groups excluding carboxylic acids is 1. The molecule has 1 aliphatic rings. The molecule has 0 aromatic heterocycles. The molecule has 1 atom stereocenters. The summed E-state index contributed by atoms with van der Waals surface area (Å²) in [6, 6.07) is 5.60. The average molecular weight is 192 g/mol. The van der Waals surface area contributed by atoms with Crippen LogP contribution in [0.4, 0.5) is 0 Å². The van der Waals surface area contributed by atoms with E-state index in [0.29, 0.717) is 6.61 Å². The van der Waals surface area contributed by atoms with Crippen LogP contribution < -0.4 is 4.74 Å². The first-order valence-corrected chi connectivity index (χ1v) is 4.64. The van der Waals surface area contributed by atoms with E-state index in [1.807, 2.05) is 18.2 Å². The summed E-state index contributed by atoms with van der Waals surface area (Å²) in [5.41, 5.74) is 1.89. The fourth-order valence-electron chi connectivity index (χ4n) is 1.63. The Morgan fingerprint density at radius 1 is 1.57 bits per heavy atom. The summed E-state index contributed by atoms with van der Waals surface area (Å²) in [6.45, 7) is 0.471. The average Bonchev–Trinajstić information content (AvgIpc) is 2.27. The number of aldehydes is 1. The van der Waals surface area contributed by atoms with Crippen molar-refractivity contribution in [3.8, 4) is 5.75 Å². The minimum atomic E-state index is -0.0255. The summed E-state index contributed by atoms with van der Waals surface area (Å²) in [4.78, 5) is 10.6. The first-order valence-electron chi connectivity index (χ1n) is 4.64. The van der Waals surface area contributed by atoms with Crippen molar-refractivity contribution in [3.05, 3.63) is 29.3 Å². The highest BCUT2D eigenvalue weighted by molar-refractivity contribution is 5.56. The van der Waals surface area contributed by atoms with E-state index in [-0.39, 0.29) is 12.5 Å². The van der Waals surface area contributed by atoms with Crippen LogP contribution in [0, 0.1) is 5.92 Å². The lowest BCUT2D eigenvalue weighted by atomic mass is 9.97. The molecule has 1 aromatic carbocycles. The smallest absolute Gasteiger partial charge is 0.126 e. The predicted molar refractivity (Wildman–Crippen MR) is 51.1 cm³/mol. The SMILES string of the molecule is O=CC1COc2cc(CO)ccc2C1. The molecule has 0 radical (unpaired) electrons. The standard InChI is InChI=1S/C11H12O3/c12-5-8-1-2-10-3-9(6-13)7-14-11(10)4-8/h1-2,4,6,9,12H,3,5,7H2. The van der Waals surface area contributed by atoms with Gasteiger partial charge in [-0.2, -0.15) is 0 Å². The number of hydrogen-bond donors (Lipinski definition) is 1. The maximum absolute atomic E-state index is 10.6. The second-order valence-electron chi connectivity index (χ2n) is 3.51. The summed E-state index contributed by atoms with van der Waals surface area (Å²) in [7, 11) is 0. The lowest BCUT2D eigenvalue weighted by molar-refractivity contribution is -0.112. The van der Waals surface area contributed by atoms with Crippen molar-refractivity contribution in [1.82, 2.24) is 0 Å². The summed E-state index contributed by atoms with van der Waals surface area (Å²) in [5, 5.41) is 8.93. The number of rotatable bonds is 2. The van der Waals surface area contributed by atoms with Crippen LogP contribution in [0.3, 0.4) is 0 Å². The van der Waals surface area contributed by atoms with Crippen LogP contribution in [0.2, 0.25) is 0 Å². The Kier molecular flexibility index (Phi) is 2.50. The van der Waals surface area contributed by atoms with Gasteiger partial charge in [-0.1, -0.05) is 12.1 Å². The largest absolute Gasteiger partial charge is 0.493 e. The van der Waals surface area contributed by atoms with E-state index in [0.717, 1.165) is 29.6 Å². The quantitative estimate of drug-likeness (QED) is 0.709. The zero-order valence-electron chi connectivity index (χ0n) is 7.77. The van der Waals surface area contributed by atoms with E-state index >= 15 is 0 Å². The van der Waals surface area contributed by atoms with Crippen molar-refractivity contribution in [2.45, 2.75) is 13.0 Å². The van der Waals surface area contributed by atoms with E-state index < -0.39 is 0 Å². The van der Waals surface area contributed by atoms with E-state index in [2.05, 4.69) is 0 Å². The second-order valence-corrected chi connectivity index (χ2v) is 3.51. The highest BCUT2D eigenvalue weighted by Crippen LogP contribution is 2.27. The van der Waals surface area contributed by atoms with Gasteiger partial charge in [0.1, 0.15) is 12.0 Å². The van der Waals surface area contributed by atoms with E-state index in [1.54, 1.807) is 0 Å². The maximum Gasteiger partial charge on any atom is 0.126 e. The zero-order chi connectivity index (χ0) is 9.97. The number of hydrogen-bond acceptors (Lipinski definition) is 3. The molecule has 14 heavy (non-hydrogen) atoms. The first-order chi connectivity index (χ1) is 6.83. The number of aliphatic hydroxyl groups excluding tert-OH is 1. The minimum Gasteiger partial charge on any atom is -0.493 e. The molecule has 3 nitrogen and oxygen atoms in total. The van der Waals surface area contributed by atoms with E-state index in [4.69, 9.17) is 9.84 Å². The minimum absolute atomic E-state index is 0.0216. The molecule has 1 heterocycles. The highest BCUT2D eigenvalue weighted by atomic mass is 16.5. The molecule has 3 heteroatoms. The van der Waals surface area contributed by atoms with Crippen molar-refractivity contribution >= 4 is 6.29 Å². The third-order valence-electron chi connectivity index (χ3n) is 2.44.